The molecule has 0 aliphatic rings. The largest absolute Gasteiger partial charge is 0.350 e. The number of halogens is 2. The van der Waals surface area contributed by atoms with E-state index in [-0.39, 0.29) is 23.2 Å². The number of anilines is 1. The summed E-state index contributed by atoms with van der Waals surface area (Å²) in [6.07, 6.45) is 1.28. The lowest BCUT2D eigenvalue weighted by Gasteiger charge is -2.34. The summed E-state index contributed by atoms with van der Waals surface area (Å²) in [4.78, 5) is 27.9. The summed E-state index contributed by atoms with van der Waals surface area (Å²) in [5, 5.41) is 3.05. The van der Waals surface area contributed by atoms with Gasteiger partial charge in [0.1, 0.15) is 18.4 Å². The third kappa shape index (κ3) is 7.70. The minimum absolute atomic E-state index is 0.00466. The Kier molecular flexibility index (Phi) is 9.08. The molecule has 0 saturated heterocycles. The summed E-state index contributed by atoms with van der Waals surface area (Å²) in [5.41, 5.74) is 0.222. The third-order valence-electron chi connectivity index (χ3n) is 4.95. The normalized spacial score (nSPS) is 12.7. The summed E-state index contributed by atoms with van der Waals surface area (Å²) in [7, 11) is -3.88. The molecule has 186 valence electrons. The van der Waals surface area contributed by atoms with Gasteiger partial charge in [0.15, 0.2) is 0 Å². The number of hydrogen-bond acceptors (Lipinski definition) is 4. The fourth-order valence-electron chi connectivity index (χ4n) is 3.41. The Morgan fingerprint density at radius 3 is 2.18 bits per heavy atom. The molecule has 1 unspecified atom stereocenters. The first-order valence-corrected chi connectivity index (χ1v) is 13.0. The highest BCUT2D eigenvalue weighted by molar-refractivity contribution is 7.92. The van der Waals surface area contributed by atoms with Gasteiger partial charge in [0, 0.05) is 12.1 Å². The van der Waals surface area contributed by atoms with Crippen LogP contribution in [0.1, 0.15) is 39.7 Å². The van der Waals surface area contributed by atoms with Crippen LogP contribution < -0.4 is 9.62 Å². The van der Waals surface area contributed by atoms with Crippen LogP contribution in [0.25, 0.3) is 0 Å². The molecular weight excluding hydrogens is 481 g/mol. The van der Waals surface area contributed by atoms with Gasteiger partial charge in [0.05, 0.1) is 17.0 Å². The molecule has 1 atom stereocenters. The minimum atomic E-state index is -3.88. The fraction of sp³-hybridized carbons (Fsp3) is 0.417. The fourth-order valence-corrected chi connectivity index (χ4v) is 4.56. The zero-order chi connectivity index (χ0) is 25.7. The summed E-state index contributed by atoms with van der Waals surface area (Å²) in [5.74, 6) is -1.39. The van der Waals surface area contributed by atoms with Crippen LogP contribution in [-0.2, 0) is 26.2 Å². The maximum absolute atomic E-state index is 13.5. The van der Waals surface area contributed by atoms with E-state index in [2.05, 4.69) is 5.32 Å². The number of rotatable bonds is 9. The minimum Gasteiger partial charge on any atom is -0.350 e. The zero-order valence-electron chi connectivity index (χ0n) is 20.0. The molecular formula is C24H31ClFN3O4S. The number of benzene rings is 2. The average Bonchev–Trinajstić information content (AvgIpc) is 2.71. The highest BCUT2D eigenvalue weighted by atomic mass is 35.5. The van der Waals surface area contributed by atoms with Gasteiger partial charge in [-0.2, -0.15) is 0 Å². The maximum Gasteiger partial charge on any atom is 0.244 e. The first-order chi connectivity index (χ1) is 15.7. The standard InChI is InChI=1S/C24H31ClFN3O4S/c1-6-20(23(31)27-24(2,3)4)28(15-17-11-13-18(26)14-12-17)22(30)16-29(34(5,32)33)21-10-8-7-9-19(21)25/h7-14,20H,6,15-16H2,1-5H3,(H,27,31). The van der Waals surface area contributed by atoms with Gasteiger partial charge in [-0.15, -0.1) is 0 Å². The number of sulfonamides is 1. The molecule has 0 heterocycles. The number of carbonyl (C=O) groups excluding carboxylic acids is 2. The van der Waals surface area contributed by atoms with Crippen molar-refractivity contribution in [2.75, 3.05) is 17.1 Å². The molecule has 0 aliphatic carbocycles. The predicted octanol–water partition coefficient (Wildman–Crippen LogP) is 3.97. The molecule has 1 N–H and O–H groups in total. The Labute approximate surface area is 205 Å². The van der Waals surface area contributed by atoms with Crippen LogP contribution in [0.3, 0.4) is 0 Å². The van der Waals surface area contributed by atoms with E-state index in [9.17, 15) is 22.4 Å². The van der Waals surface area contributed by atoms with E-state index in [0.29, 0.717) is 12.0 Å². The highest BCUT2D eigenvalue weighted by Crippen LogP contribution is 2.27. The van der Waals surface area contributed by atoms with Gasteiger partial charge < -0.3 is 10.2 Å². The Hall–Kier alpha value is -2.65. The second-order valence-electron chi connectivity index (χ2n) is 9.03. The van der Waals surface area contributed by atoms with Gasteiger partial charge in [0.2, 0.25) is 21.8 Å². The van der Waals surface area contributed by atoms with Crippen molar-refractivity contribution in [3.8, 4) is 0 Å². The summed E-state index contributed by atoms with van der Waals surface area (Å²) < 4.78 is 39.5. The SMILES string of the molecule is CCC(C(=O)NC(C)(C)C)N(Cc1ccc(F)cc1)C(=O)CN(c1ccccc1Cl)S(C)(=O)=O. The topological polar surface area (TPSA) is 86.8 Å². The molecule has 10 heteroatoms. The van der Waals surface area contributed by atoms with Crippen LogP contribution >= 0.6 is 11.6 Å². The van der Waals surface area contributed by atoms with E-state index in [0.717, 1.165) is 10.6 Å². The van der Waals surface area contributed by atoms with E-state index in [1.807, 2.05) is 20.8 Å². The molecule has 0 spiro atoms. The van der Waals surface area contributed by atoms with Crippen molar-refractivity contribution < 1.29 is 22.4 Å². The van der Waals surface area contributed by atoms with Gasteiger partial charge in [-0.05, 0) is 57.0 Å². The van der Waals surface area contributed by atoms with Crippen molar-refractivity contribution in [1.29, 1.82) is 0 Å². The molecule has 0 aromatic heterocycles. The monoisotopic (exact) mass is 511 g/mol. The van der Waals surface area contributed by atoms with Crippen molar-refractivity contribution in [2.45, 2.75) is 52.2 Å². The van der Waals surface area contributed by atoms with Crippen LogP contribution in [0.5, 0.6) is 0 Å². The van der Waals surface area contributed by atoms with Crippen molar-refractivity contribution in [1.82, 2.24) is 10.2 Å². The van der Waals surface area contributed by atoms with E-state index < -0.39 is 39.9 Å². The molecule has 34 heavy (non-hydrogen) atoms. The van der Waals surface area contributed by atoms with Crippen molar-refractivity contribution >= 4 is 39.1 Å². The van der Waals surface area contributed by atoms with Crippen LogP contribution in [0.4, 0.5) is 10.1 Å². The van der Waals surface area contributed by atoms with E-state index in [4.69, 9.17) is 11.6 Å². The first kappa shape index (κ1) is 27.6. The molecule has 0 aliphatic heterocycles. The predicted molar refractivity (Wildman–Crippen MR) is 133 cm³/mol. The molecule has 7 nitrogen and oxygen atoms in total. The molecule has 2 aromatic rings. The summed E-state index contributed by atoms with van der Waals surface area (Å²) in [6.45, 7) is 6.68. The maximum atomic E-state index is 13.5. The molecule has 2 aromatic carbocycles. The average molecular weight is 512 g/mol. The van der Waals surface area contributed by atoms with E-state index >= 15 is 0 Å². The van der Waals surface area contributed by atoms with E-state index in [1.165, 1.54) is 41.3 Å². The third-order valence-corrected chi connectivity index (χ3v) is 6.40. The van der Waals surface area contributed by atoms with Gasteiger partial charge in [-0.25, -0.2) is 12.8 Å². The number of nitrogens with one attached hydrogen (secondary N) is 1. The number of para-hydroxylation sites is 1. The van der Waals surface area contributed by atoms with Crippen LogP contribution in [0.15, 0.2) is 48.5 Å². The number of hydrogen-bond donors (Lipinski definition) is 1. The molecule has 2 rings (SSSR count). The van der Waals surface area contributed by atoms with Gasteiger partial charge in [0.25, 0.3) is 0 Å². The second kappa shape index (κ2) is 11.2. The summed E-state index contributed by atoms with van der Waals surface area (Å²) in [6, 6.07) is 11.0. The molecule has 0 radical (unpaired) electrons. The van der Waals surface area contributed by atoms with Crippen LogP contribution in [0, 0.1) is 5.82 Å². The van der Waals surface area contributed by atoms with Crippen molar-refractivity contribution in [2.24, 2.45) is 0 Å². The van der Waals surface area contributed by atoms with Crippen LogP contribution in [0.2, 0.25) is 5.02 Å². The lowest BCUT2D eigenvalue weighted by molar-refractivity contribution is -0.141. The van der Waals surface area contributed by atoms with Crippen molar-refractivity contribution in [3.05, 3.63) is 64.9 Å². The Morgan fingerprint density at radius 2 is 1.68 bits per heavy atom. The molecule has 0 fully saturated rings. The molecule has 2 amide bonds. The Morgan fingerprint density at radius 1 is 1.09 bits per heavy atom. The molecule has 0 saturated carbocycles. The second-order valence-corrected chi connectivity index (χ2v) is 11.3. The zero-order valence-corrected chi connectivity index (χ0v) is 21.6. The van der Waals surface area contributed by atoms with E-state index in [1.54, 1.807) is 19.1 Å². The first-order valence-electron chi connectivity index (χ1n) is 10.8. The Bertz CT molecular complexity index is 1120. The number of carbonyl (C=O) groups is 2. The lowest BCUT2D eigenvalue weighted by Crippen LogP contribution is -2.55. The smallest absolute Gasteiger partial charge is 0.244 e. The summed E-state index contributed by atoms with van der Waals surface area (Å²) >= 11 is 6.21. The lowest BCUT2D eigenvalue weighted by atomic mass is 10.1. The number of amides is 2. The molecule has 0 bridgehead atoms. The van der Waals surface area contributed by atoms with Crippen molar-refractivity contribution in [3.63, 3.8) is 0 Å². The number of nitrogens with zero attached hydrogens (tertiary/aromatic N) is 2. The highest BCUT2D eigenvalue weighted by Gasteiger charge is 2.33. The quantitative estimate of drug-likeness (QED) is 0.552. The van der Waals surface area contributed by atoms with Crippen LogP contribution in [-0.4, -0.2) is 49.5 Å². The van der Waals surface area contributed by atoms with Gasteiger partial charge in [-0.1, -0.05) is 42.8 Å². The Balaban J connectivity index is 2.46. The van der Waals surface area contributed by atoms with Gasteiger partial charge in [-0.3, -0.25) is 13.9 Å². The van der Waals surface area contributed by atoms with Gasteiger partial charge >= 0.3 is 0 Å².